The molecule has 194 valence electrons. The third-order valence-corrected chi connectivity index (χ3v) is 7.66. The van der Waals surface area contributed by atoms with Crippen LogP contribution in [0.3, 0.4) is 0 Å². The van der Waals surface area contributed by atoms with Crippen LogP contribution in [0.2, 0.25) is 0 Å². The van der Waals surface area contributed by atoms with Crippen LogP contribution in [0.25, 0.3) is 0 Å². The molecule has 3 rings (SSSR count). The minimum atomic E-state index is -0.971. The Bertz CT molecular complexity index is 937. The number of aliphatic imine (C=N–C) groups is 3. The van der Waals surface area contributed by atoms with E-state index in [9.17, 15) is 28.8 Å². The molecule has 3 heterocycles. The largest absolute Gasteiger partial charge is 0.536 e. The van der Waals surface area contributed by atoms with Gasteiger partial charge in [-0.15, -0.1) is 19.0 Å². The lowest BCUT2D eigenvalue weighted by molar-refractivity contribution is -0.932. The number of amides is 6. The number of quaternary nitrogens is 2. The van der Waals surface area contributed by atoms with Crippen LogP contribution in [-0.4, -0.2) is 88.7 Å². The van der Waals surface area contributed by atoms with Crippen molar-refractivity contribution in [3.8, 4) is 0 Å². The van der Waals surface area contributed by atoms with Crippen LogP contribution in [0.1, 0.15) is 77.0 Å². The van der Waals surface area contributed by atoms with Gasteiger partial charge in [0.1, 0.15) is 13.1 Å². The fourth-order valence-electron chi connectivity index (χ4n) is 5.85. The molecule has 0 N–H and O–H groups in total. The molecule has 4 atom stereocenters. The van der Waals surface area contributed by atoms with Crippen LogP contribution in [0.4, 0.5) is 14.4 Å². The van der Waals surface area contributed by atoms with Crippen LogP contribution in [-0.2, 0) is 14.4 Å². The number of carbonyl (C=O) groups is 3. The molecule has 12 nitrogen and oxygen atoms in total. The zero-order valence-electron chi connectivity index (χ0n) is 20.6. The highest BCUT2D eigenvalue weighted by atomic mass is 16.3. The lowest BCUT2D eigenvalue weighted by atomic mass is 10.1. The summed E-state index contributed by atoms with van der Waals surface area (Å²) in [6.07, 6.45) is 9.95. The van der Waals surface area contributed by atoms with Crippen molar-refractivity contribution in [1.82, 2.24) is 4.90 Å². The number of isocyanates is 3. The fourth-order valence-corrected chi connectivity index (χ4v) is 5.85. The highest BCUT2D eigenvalue weighted by Crippen LogP contribution is 2.41. The smallest absolute Gasteiger partial charge is 0.211 e. The molecule has 0 aromatic heterocycles. The molecule has 0 saturated carbocycles. The van der Waals surface area contributed by atoms with Gasteiger partial charge in [-0.1, -0.05) is 12.8 Å². The van der Waals surface area contributed by atoms with E-state index in [4.69, 9.17) is 0 Å². The number of hydrogen-bond donors (Lipinski definition) is 0. The number of unbranched alkanes of at least 4 members (excludes halogenated alkanes) is 3. The summed E-state index contributed by atoms with van der Waals surface area (Å²) in [7, 11) is 0. The summed E-state index contributed by atoms with van der Waals surface area (Å²) in [6.45, 7) is 0.713. The summed E-state index contributed by atoms with van der Waals surface area (Å²) < 4.78 is -1.50. The summed E-state index contributed by atoms with van der Waals surface area (Å²) in [4.78, 5) is 88.0. The zero-order chi connectivity index (χ0) is 26.0. The highest BCUT2D eigenvalue weighted by Gasteiger charge is 2.74. The third-order valence-electron chi connectivity index (χ3n) is 7.66. The number of nitrogens with zero attached hydrogens (tertiary/aromatic N) is 6. The average molecular weight is 503 g/mol. The van der Waals surface area contributed by atoms with Gasteiger partial charge in [0.15, 0.2) is 0 Å². The molecule has 0 radical (unpaired) electrons. The zero-order valence-corrected chi connectivity index (χ0v) is 20.6. The van der Waals surface area contributed by atoms with E-state index in [0.29, 0.717) is 64.3 Å². The molecule has 2 spiro atoms. The van der Waals surface area contributed by atoms with E-state index in [1.165, 1.54) is 6.08 Å². The van der Waals surface area contributed by atoms with Crippen molar-refractivity contribution in [2.24, 2.45) is 15.0 Å². The van der Waals surface area contributed by atoms with Crippen LogP contribution in [0.15, 0.2) is 15.0 Å². The van der Waals surface area contributed by atoms with E-state index in [1.54, 1.807) is 12.2 Å². The Balaban J connectivity index is 2.05. The highest BCUT2D eigenvalue weighted by molar-refractivity contribution is 5.99. The molecule has 36 heavy (non-hydrogen) atoms. The first-order valence-electron chi connectivity index (χ1n) is 12.9. The second-order valence-corrected chi connectivity index (χ2v) is 9.67. The molecule has 0 bridgehead atoms. The first kappa shape index (κ1) is 27.5. The van der Waals surface area contributed by atoms with Crippen LogP contribution in [0.5, 0.6) is 0 Å². The number of rotatable bonds is 9. The minimum Gasteiger partial charge on any atom is -0.211 e. The number of imide groups is 3. The summed E-state index contributed by atoms with van der Waals surface area (Å²) in [5.74, 6) is 0. The van der Waals surface area contributed by atoms with Crippen molar-refractivity contribution in [3.63, 3.8) is 0 Å². The first-order chi connectivity index (χ1) is 17.5. The van der Waals surface area contributed by atoms with Crippen LogP contribution in [0, 0.1) is 0 Å². The van der Waals surface area contributed by atoms with Crippen LogP contribution >= 0.6 is 0 Å². The molecular weight excluding hydrogens is 468 g/mol. The Morgan fingerprint density at radius 1 is 0.694 bits per heavy atom. The van der Waals surface area contributed by atoms with E-state index in [2.05, 4.69) is 15.0 Å². The third kappa shape index (κ3) is 5.05. The van der Waals surface area contributed by atoms with Gasteiger partial charge in [0.2, 0.25) is 30.6 Å². The fraction of sp³-hybridized carbons (Fsp3) is 0.750. The van der Waals surface area contributed by atoms with E-state index >= 15 is 0 Å². The number of hydrogen-bond acceptors (Lipinski definition) is 9. The molecule has 3 aliphatic heterocycles. The summed E-state index contributed by atoms with van der Waals surface area (Å²) >= 11 is 0. The Kier molecular flexibility index (Phi) is 9.70. The first-order valence-corrected chi connectivity index (χ1v) is 12.9. The quantitative estimate of drug-likeness (QED) is 0.204. The van der Waals surface area contributed by atoms with E-state index < -0.39 is 39.4 Å². The standard InChI is InChI=1S/C24H34N6O6/c31-17-25-13-7-1-2-8-14-28-22(34)29(15-9-3-5-11-20(29)26-18-32)24(36)30(23(28)35)16-10-4-6-12-21(30)27-19-33/h20-21H,1-16H2/q+2. The second-order valence-electron chi connectivity index (χ2n) is 9.67. The Morgan fingerprint density at radius 2 is 1.22 bits per heavy atom. The van der Waals surface area contributed by atoms with Gasteiger partial charge in [0.25, 0.3) is 0 Å². The topological polar surface area (TPSA) is 143 Å². The van der Waals surface area contributed by atoms with Crippen LogP contribution < -0.4 is 0 Å². The molecule has 0 aromatic carbocycles. The summed E-state index contributed by atoms with van der Waals surface area (Å²) in [5, 5.41) is 0. The molecule has 3 saturated heterocycles. The van der Waals surface area contributed by atoms with Crippen molar-refractivity contribution in [3.05, 3.63) is 0 Å². The summed E-state index contributed by atoms with van der Waals surface area (Å²) in [6, 6.07) is -1.98. The maximum Gasteiger partial charge on any atom is 0.536 e. The monoisotopic (exact) mass is 502 g/mol. The maximum atomic E-state index is 14.5. The van der Waals surface area contributed by atoms with Crippen molar-refractivity contribution < 1.29 is 37.7 Å². The van der Waals surface area contributed by atoms with Gasteiger partial charge in [-0.05, 0) is 51.4 Å². The minimum absolute atomic E-state index is 0.0942. The van der Waals surface area contributed by atoms with E-state index in [0.717, 1.165) is 24.2 Å². The van der Waals surface area contributed by atoms with Gasteiger partial charge in [-0.3, -0.25) is 0 Å². The predicted octanol–water partition coefficient (Wildman–Crippen LogP) is 3.66. The molecule has 3 fully saturated rings. The molecule has 12 heteroatoms. The Labute approximate surface area is 209 Å². The number of urea groups is 3. The molecule has 3 aliphatic rings. The van der Waals surface area contributed by atoms with Gasteiger partial charge in [-0.2, -0.15) is 9.69 Å². The summed E-state index contributed by atoms with van der Waals surface area (Å²) in [5.41, 5.74) is 0. The van der Waals surface area contributed by atoms with Gasteiger partial charge in [-0.25, -0.2) is 29.0 Å². The molecule has 6 amide bonds. The van der Waals surface area contributed by atoms with Crippen molar-refractivity contribution >= 4 is 36.3 Å². The van der Waals surface area contributed by atoms with Gasteiger partial charge in [0.05, 0.1) is 6.54 Å². The lowest BCUT2D eigenvalue weighted by Gasteiger charge is -2.48. The molecular formula is C24H34N6O6+2. The Hall–Kier alpha value is -3.13. The lowest BCUT2D eigenvalue weighted by Crippen LogP contribution is -2.83. The normalized spacial score (nSPS) is 30.7. The van der Waals surface area contributed by atoms with E-state index in [-0.39, 0.29) is 19.6 Å². The predicted molar refractivity (Wildman–Crippen MR) is 125 cm³/mol. The SMILES string of the molecule is O=C=NCCCCCCN1C(=O)[N+]2(CCCCCC2N=C=O)C(=O)[N+]2(CCCCCC2N=C=O)C1=O. The van der Waals surface area contributed by atoms with Gasteiger partial charge < -0.3 is 0 Å². The second kappa shape index (κ2) is 12.7. The number of carbonyl (C=O) groups excluding carboxylic acids is 6. The maximum absolute atomic E-state index is 14.5. The van der Waals surface area contributed by atoms with E-state index in [1.807, 2.05) is 0 Å². The van der Waals surface area contributed by atoms with Crippen molar-refractivity contribution in [2.75, 3.05) is 26.2 Å². The van der Waals surface area contributed by atoms with Gasteiger partial charge >= 0.3 is 18.1 Å². The van der Waals surface area contributed by atoms with Gasteiger partial charge in [0, 0.05) is 19.4 Å². The molecule has 0 aromatic rings. The molecule has 4 unspecified atom stereocenters. The van der Waals surface area contributed by atoms with Crippen molar-refractivity contribution in [2.45, 2.75) is 89.4 Å². The Morgan fingerprint density at radius 3 is 1.72 bits per heavy atom. The van der Waals surface area contributed by atoms with Crippen molar-refractivity contribution in [1.29, 1.82) is 0 Å². The molecule has 0 aliphatic carbocycles. The average Bonchev–Trinajstić information content (AvgIpc) is 3.22.